The molecule has 0 aliphatic carbocycles. The van der Waals surface area contributed by atoms with Gasteiger partial charge < -0.3 is 16.0 Å². The molecule has 27 heavy (non-hydrogen) atoms. The molecular formula is C18H19Cl3N4OS. The van der Waals surface area contributed by atoms with Gasteiger partial charge in [0.05, 0.1) is 0 Å². The van der Waals surface area contributed by atoms with Gasteiger partial charge in [-0.2, -0.15) is 0 Å². The number of carbonyl (C=O) groups excluding carboxylic acids is 1. The van der Waals surface area contributed by atoms with Gasteiger partial charge in [0.1, 0.15) is 12.0 Å². The summed E-state index contributed by atoms with van der Waals surface area (Å²) in [4.78, 5) is 16.5. The predicted molar refractivity (Wildman–Crippen MR) is 115 cm³/mol. The van der Waals surface area contributed by atoms with Gasteiger partial charge in [-0.05, 0) is 43.3 Å². The van der Waals surface area contributed by atoms with Crippen LogP contribution < -0.4 is 16.0 Å². The van der Waals surface area contributed by atoms with E-state index in [-0.39, 0.29) is 17.4 Å². The van der Waals surface area contributed by atoms with Crippen molar-refractivity contribution in [2.45, 2.75) is 29.7 Å². The molecule has 0 radical (unpaired) electrons. The second-order valence-corrected chi connectivity index (χ2v) is 8.57. The average molecular weight is 446 g/mol. The number of thiocarbonyl (C=S) groups is 1. The summed E-state index contributed by atoms with van der Waals surface area (Å²) in [5, 5.41) is 8.54. The van der Waals surface area contributed by atoms with Crippen molar-refractivity contribution in [3.63, 3.8) is 0 Å². The van der Waals surface area contributed by atoms with Crippen molar-refractivity contribution in [3.8, 4) is 0 Å². The number of nitrogens with one attached hydrogen (secondary N) is 3. The van der Waals surface area contributed by atoms with Crippen LogP contribution in [0.5, 0.6) is 0 Å². The van der Waals surface area contributed by atoms with Crippen LogP contribution >= 0.6 is 47.0 Å². The summed E-state index contributed by atoms with van der Waals surface area (Å²) in [7, 11) is 0. The number of amides is 1. The van der Waals surface area contributed by atoms with Crippen molar-refractivity contribution < 1.29 is 4.79 Å². The summed E-state index contributed by atoms with van der Waals surface area (Å²) in [6.07, 6.45) is -0.173. The highest BCUT2D eigenvalue weighted by atomic mass is 35.6. The summed E-state index contributed by atoms with van der Waals surface area (Å²) < 4.78 is -1.80. The fourth-order valence-electron chi connectivity index (χ4n) is 2.23. The zero-order valence-electron chi connectivity index (χ0n) is 14.5. The summed E-state index contributed by atoms with van der Waals surface area (Å²) in [5.41, 5.74) is 1.88. The van der Waals surface area contributed by atoms with E-state index in [2.05, 4.69) is 20.9 Å². The minimum Gasteiger partial charge on any atom is -0.339 e. The van der Waals surface area contributed by atoms with Gasteiger partial charge in [0.2, 0.25) is 9.70 Å². The molecule has 1 amide bonds. The van der Waals surface area contributed by atoms with Crippen LogP contribution in [-0.2, 0) is 11.2 Å². The molecule has 0 saturated carbocycles. The molecule has 0 aliphatic rings. The molecule has 5 nitrogen and oxygen atoms in total. The number of rotatable bonds is 6. The lowest BCUT2D eigenvalue weighted by Crippen LogP contribution is -2.56. The third-order valence-corrected chi connectivity index (χ3v) is 4.40. The standard InChI is InChI=1S/C18H19Cl3N4OS/c1-12-6-5-9-14(22-12)23-17(27)25-16(18(19,20)21)24-15(26)11-10-13-7-3-2-4-8-13/h2-9,16H,10-11H2,1H3,(H,24,26)(H2,22,23,25,27). The van der Waals surface area contributed by atoms with E-state index in [4.69, 9.17) is 47.0 Å². The molecule has 0 spiro atoms. The first kappa shape index (κ1) is 21.7. The largest absolute Gasteiger partial charge is 0.339 e. The van der Waals surface area contributed by atoms with Gasteiger partial charge in [0.25, 0.3) is 0 Å². The van der Waals surface area contributed by atoms with Gasteiger partial charge in [-0.1, -0.05) is 71.2 Å². The molecule has 0 saturated heterocycles. The highest BCUT2D eigenvalue weighted by Gasteiger charge is 2.34. The summed E-state index contributed by atoms with van der Waals surface area (Å²) in [6, 6.07) is 15.1. The Morgan fingerprint density at radius 2 is 1.81 bits per heavy atom. The fourth-order valence-corrected chi connectivity index (χ4v) is 2.78. The van der Waals surface area contributed by atoms with Gasteiger partial charge in [-0.15, -0.1) is 0 Å². The van der Waals surface area contributed by atoms with E-state index < -0.39 is 9.96 Å². The number of hydrogen-bond donors (Lipinski definition) is 3. The summed E-state index contributed by atoms with van der Waals surface area (Å²) in [5.74, 6) is 0.283. The summed E-state index contributed by atoms with van der Waals surface area (Å²) >= 11 is 23.2. The number of hydrogen-bond acceptors (Lipinski definition) is 3. The Morgan fingerprint density at radius 3 is 2.44 bits per heavy atom. The zero-order chi connectivity index (χ0) is 19.9. The van der Waals surface area contributed by atoms with Gasteiger partial charge in [0.15, 0.2) is 5.11 Å². The average Bonchev–Trinajstić information content (AvgIpc) is 2.59. The predicted octanol–water partition coefficient (Wildman–Crippen LogP) is 4.12. The lowest BCUT2D eigenvalue weighted by atomic mass is 10.1. The number of carbonyl (C=O) groups is 1. The zero-order valence-corrected chi connectivity index (χ0v) is 17.6. The molecule has 3 N–H and O–H groups in total. The second-order valence-electron chi connectivity index (χ2n) is 5.79. The SMILES string of the molecule is Cc1cccc(NC(=S)NC(NC(=O)CCc2ccccc2)C(Cl)(Cl)Cl)n1. The van der Waals surface area contributed by atoms with Crippen LogP contribution in [0.25, 0.3) is 0 Å². The normalized spacial score (nSPS) is 12.1. The molecule has 1 aromatic carbocycles. The first-order chi connectivity index (χ1) is 12.7. The minimum atomic E-state index is -1.80. The highest BCUT2D eigenvalue weighted by molar-refractivity contribution is 7.80. The van der Waals surface area contributed by atoms with Crippen molar-refractivity contribution in [2.75, 3.05) is 5.32 Å². The van der Waals surface area contributed by atoms with Gasteiger partial charge in [-0.3, -0.25) is 4.79 Å². The molecule has 0 aliphatic heterocycles. The first-order valence-electron chi connectivity index (χ1n) is 8.15. The van der Waals surface area contributed by atoms with Crippen molar-refractivity contribution >= 4 is 63.9 Å². The number of aryl methyl sites for hydroxylation is 2. The molecule has 2 rings (SSSR count). The molecule has 144 valence electrons. The van der Waals surface area contributed by atoms with Crippen molar-refractivity contribution in [1.29, 1.82) is 0 Å². The van der Waals surface area contributed by atoms with Crippen molar-refractivity contribution in [1.82, 2.24) is 15.6 Å². The maximum absolute atomic E-state index is 12.3. The Labute approximate surface area is 178 Å². The Kier molecular flexibility index (Phi) is 8.10. The van der Waals surface area contributed by atoms with Crippen LogP contribution in [0.4, 0.5) is 5.82 Å². The van der Waals surface area contributed by atoms with Crippen LogP contribution in [0.15, 0.2) is 48.5 Å². The third-order valence-electron chi connectivity index (χ3n) is 3.52. The lowest BCUT2D eigenvalue weighted by molar-refractivity contribution is -0.121. The molecule has 0 fully saturated rings. The van der Waals surface area contributed by atoms with Crippen LogP contribution in [0.3, 0.4) is 0 Å². The number of anilines is 1. The van der Waals surface area contributed by atoms with Gasteiger partial charge >= 0.3 is 0 Å². The third kappa shape index (κ3) is 7.89. The molecule has 1 atom stereocenters. The Balaban J connectivity index is 1.92. The number of nitrogens with zero attached hydrogens (tertiary/aromatic N) is 1. The van der Waals surface area contributed by atoms with E-state index in [0.717, 1.165) is 11.3 Å². The number of aromatic nitrogens is 1. The topological polar surface area (TPSA) is 66.0 Å². The summed E-state index contributed by atoms with van der Waals surface area (Å²) in [6.45, 7) is 1.86. The van der Waals surface area contributed by atoms with Crippen molar-refractivity contribution in [3.05, 3.63) is 59.8 Å². The van der Waals surface area contributed by atoms with E-state index in [1.807, 2.05) is 49.4 Å². The first-order valence-corrected chi connectivity index (χ1v) is 9.69. The Morgan fingerprint density at radius 1 is 1.11 bits per heavy atom. The molecule has 9 heteroatoms. The second kappa shape index (κ2) is 10.1. The smallest absolute Gasteiger partial charge is 0.228 e. The molecular weight excluding hydrogens is 427 g/mol. The Bertz CT molecular complexity index is 784. The monoisotopic (exact) mass is 444 g/mol. The molecule has 2 aromatic rings. The van der Waals surface area contributed by atoms with E-state index >= 15 is 0 Å². The van der Waals surface area contributed by atoms with Crippen LogP contribution in [0.1, 0.15) is 17.7 Å². The maximum atomic E-state index is 12.3. The van der Waals surface area contributed by atoms with Crippen LogP contribution in [0.2, 0.25) is 0 Å². The number of alkyl halides is 3. The highest BCUT2D eigenvalue weighted by Crippen LogP contribution is 2.29. The molecule has 1 aromatic heterocycles. The maximum Gasteiger partial charge on any atom is 0.228 e. The van der Waals surface area contributed by atoms with Crippen LogP contribution in [-0.4, -0.2) is 26.0 Å². The number of pyridine rings is 1. The quantitative estimate of drug-likeness (QED) is 0.354. The van der Waals surface area contributed by atoms with E-state index in [9.17, 15) is 4.79 Å². The molecule has 1 heterocycles. The van der Waals surface area contributed by atoms with Gasteiger partial charge in [0, 0.05) is 12.1 Å². The Hall–Kier alpha value is -1.60. The van der Waals surface area contributed by atoms with E-state index in [1.54, 1.807) is 6.07 Å². The van der Waals surface area contributed by atoms with Gasteiger partial charge in [-0.25, -0.2) is 4.98 Å². The fraction of sp³-hybridized carbons (Fsp3) is 0.278. The molecule has 1 unspecified atom stereocenters. The van der Waals surface area contributed by atoms with E-state index in [0.29, 0.717) is 12.2 Å². The number of benzene rings is 1. The molecule has 0 bridgehead atoms. The lowest BCUT2D eigenvalue weighted by Gasteiger charge is -2.27. The minimum absolute atomic E-state index is 0.174. The number of halogens is 3. The van der Waals surface area contributed by atoms with Crippen LogP contribution in [0, 0.1) is 6.92 Å². The van der Waals surface area contributed by atoms with Crippen molar-refractivity contribution in [2.24, 2.45) is 0 Å². The van der Waals surface area contributed by atoms with E-state index in [1.165, 1.54) is 0 Å².